The van der Waals surface area contributed by atoms with Crippen LogP contribution in [0.4, 0.5) is 0 Å². The number of aromatic amines is 2. The van der Waals surface area contributed by atoms with Crippen LogP contribution in [0, 0.1) is 6.92 Å². The number of likely N-dealkylation sites (tertiary alicyclic amines) is 1. The van der Waals surface area contributed by atoms with Gasteiger partial charge in [0.2, 0.25) is 0 Å². The Morgan fingerprint density at radius 1 is 0.900 bits per heavy atom. The van der Waals surface area contributed by atoms with E-state index < -0.39 is 0 Å². The fourth-order valence-electron chi connectivity index (χ4n) is 4.79. The van der Waals surface area contributed by atoms with Crippen molar-refractivity contribution in [1.82, 2.24) is 24.0 Å². The molecule has 1 saturated heterocycles. The van der Waals surface area contributed by atoms with Crippen molar-refractivity contribution in [2.45, 2.75) is 38.8 Å². The van der Waals surface area contributed by atoms with Crippen LogP contribution in [0.5, 0.6) is 0 Å². The van der Waals surface area contributed by atoms with Crippen molar-refractivity contribution >= 4 is 22.1 Å². The summed E-state index contributed by atoms with van der Waals surface area (Å²) in [5, 5.41) is 0. The fourth-order valence-corrected chi connectivity index (χ4v) is 4.79. The Labute approximate surface area is 173 Å². The predicted octanol–water partition coefficient (Wildman–Crippen LogP) is 3.01. The minimum absolute atomic E-state index is 0.00670. The van der Waals surface area contributed by atoms with E-state index in [1.807, 2.05) is 52.5 Å². The van der Waals surface area contributed by atoms with E-state index in [4.69, 9.17) is 0 Å². The van der Waals surface area contributed by atoms with Gasteiger partial charge >= 0.3 is 11.4 Å². The van der Waals surface area contributed by atoms with Gasteiger partial charge in [-0.25, -0.2) is 9.59 Å². The maximum atomic E-state index is 12.5. The Kier molecular flexibility index (Phi) is 4.83. The van der Waals surface area contributed by atoms with Gasteiger partial charge in [0.05, 0.1) is 22.1 Å². The summed E-state index contributed by atoms with van der Waals surface area (Å²) in [4.78, 5) is 33.1. The van der Waals surface area contributed by atoms with Crippen LogP contribution in [0.2, 0.25) is 0 Å². The first-order chi connectivity index (χ1) is 14.6. The van der Waals surface area contributed by atoms with E-state index in [1.165, 1.54) is 0 Å². The molecule has 2 N–H and O–H groups in total. The lowest BCUT2D eigenvalue weighted by molar-refractivity contribution is 0.183. The summed E-state index contributed by atoms with van der Waals surface area (Å²) in [7, 11) is 0. The van der Waals surface area contributed by atoms with Gasteiger partial charge in [-0.05, 0) is 62.6 Å². The Morgan fingerprint density at radius 3 is 2.50 bits per heavy atom. The number of aryl methyl sites for hydroxylation is 2. The number of benzene rings is 2. The van der Waals surface area contributed by atoms with Gasteiger partial charge in [0.15, 0.2) is 0 Å². The Hall–Kier alpha value is -3.06. The molecule has 4 aromatic rings. The molecule has 0 saturated carbocycles. The van der Waals surface area contributed by atoms with E-state index in [0.29, 0.717) is 6.54 Å². The third-order valence-electron chi connectivity index (χ3n) is 6.33. The lowest BCUT2D eigenvalue weighted by Crippen LogP contribution is -2.37. The van der Waals surface area contributed by atoms with Crippen molar-refractivity contribution in [3.63, 3.8) is 0 Å². The van der Waals surface area contributed by atoms with Crippen molar-refractivity contribution in [1.29, 1.82) is 0 Å². The topological polar surface area (TPSA) is 78.8 Å². The van der Waals surface area contributed by atoms with Crippen LogP contribution in [0.3, 0.4) is 0 Å². The number of nitrogens with zero attached hydrogens (tertiary/aromatic N) is 3. The van der Waals surface area contributed by atoms with Crippen LogP contribution < -0.4 is 11.4 Å². The largest absolute Gasteiger partial charge is 0.326 e. The molecule has 1 aliphatic rings. The van der Waals surface area contributed by atoms with Gasteiger partial charge in [-0.3, -0.25) is 9.13 Å². The molecule has 5 rings (SSSR count). The van der Waals surface area contributed by atoms with Crippen LogP contribution in [0.25, 0.3) is 22.1 Å². The third kappa shape index (κ3) is 3.39. The van der Waals surface area contributed by atoms with Crippen molar-refractivity contribution in [2.75, 3.05) is 19.6 Å². The zero-order valence-corrected chi connectivity index (χ0v) is 17.2. The van der Waals surface area contributed by atoms with Gasteiger partial charge < -0.3 is 14.9 Å². The molecule has 7 nitrogen and oxygen atoms in total. The van der Waals surface area contributed by atoms with Crippen molar-refractivity contribution in [2.24, 2.45) is 0 Å². The molecule has 1 fully saturated rings. The molecule has 2 aromatic heterocycles. The van der Waals surface area contributed by atoms with Crippen molar-refractivity contribution in [3.05, 3.63) is 69.0 Å². The van der Waals surface area contributed by atoms with Crippen LogP contribution in [0.1, 0.15) is 30.9 Å². The van der Waals surface area contributed by atoms with Gasteiger partial charge in [-0.2, -0.15) is 0 Å². The molecule has 0 aliphatic carbocycles. The number of nitrogens with one attached hydrogen (secondary N) is 2. The summed E-state index contributed by atoms with van der Waals surface area (Å²) in [6, 6.07) is 14.2. The first-order valence-electron chi connectivity index (χ1n) is 10.7. The van der Waals surface area contributed by atoms with E-state index in [2.05, 4.69) is 20.9 Å². The highest BCUT2D eigenvalue weighted by Gasteiger charge is 2.23. The minimum Gasteiger partial charge on any atom is -0.306 e. The second kappa shape index (κ2) is 7.65. The number of H-pyrrole nitrogens is 2. The SMILES string of the molecule is Cc1ccc2c(c1)[nH]c(=O)n2C1CCN(CCCn2c(=O)[nH]c3ccccc32)CC1. The smallest absolute Gasteiger partial charge is 0.306 e. The summed E-state index contributed by atoms with van der Waals surface area (Å²) in [6.07, 6.45) is 2.86. The number of hydrogen-bond acceptors (Lipinski definition) is 3. The van der Waals surface area contributed by atoms with Gasteiger partial charge in [-0.15, -0.1) is 0 Å². The van der Waals surface area contributed by atoms with Gasteiger partial charge in [-0.1, -0.05) is 18.2 Å². The molecule has 1 aliphatic heterocycles. The zero-order valence-electron chi connectivity index (χ0n) is 17.2. The number of aromatic nitrogens is 4. The molecule has 156 valence electrons. The quantitative estimate of drug-likeness (QED) is 0.536. The van der Waals surface area contributed by atoms with E-state index in [1.54, 1.807) is 0 Å². The minimum atomic E-state index is -0.0381. The van der Waals surface area contributed by atoms with Crippen LogP contribution in [-0.4, -0.2) is 43.6 Å². The average molecular weight is 406 g/mol. The summed E-state index contributed by atoms with van der Waals surface area (Å²) in [5.74, 6) is 0. The Balaban J connectivity index is 1.21. The predicted molar refractivity (Wildman–Crippen MR) is 119 cm³/mol. The van der Waals surface area contributed by atoms with Crippen molar-refractivity contribution < 1.29 is 0 Å². The van der Waals surface area contributed by atoms with Crippen LogP contribution in [0.15, 0.2) is 52.1 Å². The number of hydrogen-bond donors (Lipinski definition) is 2. The maximum Gasteiger partial charge on any atom is 0.326 e. The first-order valence-corrected chi connectivity index (χ1v) is 10.7. The second-order valence-electron chi connectivity index (χ2n) is 8.35. The molecule has 2 aromatic carbocycles. The number of imidazole rings is 2. The average Bonchev–Trinajstić information content (AvgIpc) is 3.23. The molecule has 0 unspecified atom stereocenters. The van der Waals surface area contributed by atoms with Gasteiger partial charge in [0, 0.05) is 25.7 Å². The lowest BCUT2D eigenvalue weighted by atomic mass is 10.0. The highest BCUT2D eigenvalue weighted by molar-refractivity contribution is 5.76. The normalized spacial score (nSPS) is 16.0. The molecule has 0 atom stereocenters. The fraction of sp³-hybridized carbons (Fsp3) is 0.391. The Morgan fingerprint density at radius 2 is 1.67 bits per heavy atom. The molecule has 0 bridgehead atoms. The molecule has 3 heterocycles. The second-order valence-corrected chi connectivity index (χ2v) is 8.35. The summed E-state index contributed by atoms with van der Waals surface area (Å²) in [6.45, 7) is 5.65. The zero-order chi connectivity index (χ0) is 20.7. The number of rotatable bonds is 5. The number of para-hydroxylation sites is 2. The highest BCUT2D eigenvalue weighted by Crippen LogP contribution is 2.25. The lowest BCUT2D eigenvalue weighted by Gasteiger charge is -2.32. The molecular formula is C23H27N5O2. The summed E-state index contributed by atoms with van der Waals surface area (Å²) in [5.41, 5.74) is 4.89. The molecule has 7 heteroatoms. The molecule has 0 spiro atoms. The summed E-state index contributed by atoms with van der Waals surface area (Å²) < 4.78 is 3.77. The third-order valence-corrected chi connectivity index (χ3v) is 6.33. The molecule has 30 heavy (non-hydrogen) atoms. The van der Waals surface area contributed by atoms with Gasteiger partial charge in [0.1, 0.15) is 0 Å². The Bertz CT molecular complexity index is 1300. The monoisotopic (exact) mass is 405 g/mol. The standard InChI is InChI=1S/C23H27N5O2/c1-16-7-8-21-19(15-16)25-23(30)28(21)17-9-13-26(14-10-17)11-4-12-27-20-6-3-2-5-18(20)24-22(27)29/h2-3,5-8,15,17H,4,9-14H2,1H3,(H,24,29)(H,25,30). The first kappa shape index (κ1) is 18.9. The molecular weight excluding hydrogens is 378 g/mol. The summed E-state index contributed by atoms with van der Waals surface area (Å²) >= 11 is 0. The van der Waals surface area contributed by atoms with Crippen LogP contribution in [-0.2, 0) is 6.54 Å². The number of piperidine rings is 1. The molecule has 0 amide bonds. The van der Waals surface area contributed by atoms with E-state index in [-0.39, 0.29) is 17.4 Å². The maximum absolute atomic E-state index is 12.5. The van der Waals surface area contributed by atoms with Crippen LogP contribution >= 0.6 is 0 Å². The number of fused-ring (bicyclic) bond motifs is 2. The van der Waals surface area contributed by atoms with E-state index in [0.717, 1.165) is 66.5 Å². The van der Waals surface area contributed by atoms with Crippen molar-refractivity contribution in [3.8, 4) is 0 Å². The van der Waals surface area contributed by atoms with Gasteiger partial charge in [0.25, 0.3) is 0 Å². The molecule has 0 radical (unpaired) electrons. The van der Waals surface area contributed by atoms with E-state index in [9.17, 15) is 9.59 Å². The van der Waals surface area contributed by atoms with E-state index >= 15 is 0 Å². The highest BCUT2D eigenvalue weighted by atomic mass is 16.1.